The molecule has 2 aromatic rings. The van der Waals surface area contributed by atoms with Gasteiger partial charge in [0.25, 0.3) is 0 Å². The molecule has 1 aromatic heterocycles. The Bertz CT molecular complexity index is 611. The number of anilines is 2. The Morgan fingerprint density at radius 1 is 1.30 bits per heavy atom. The molecule has 1 saturated heterocycles. The van der Waals surface area contributed by atoms with E-state index in [1.165, 1.54) is 0 Å². The molecule has 124 valence electrons. The van der Waals surface area contributed by atoms with Crippen molar-refractivity contribution in [2.75, 3.05) is 43.1 Å². The van der Waals surface area contributed by atoms with Gasteiger partial charge in [-0.25, -0.2) is 0 Å². The summed E-state index contributed by atoms with van der Waals surface area (Å²) in [6.45, 7) is 3.59. The summed E-state index contributed by atoms with van der Waals surface area (Å²) in [6, 6.07) is 7.55. The van der Waals surface area contributed by atoms with E-state index in [4.69, 9.17) is 22.1 Å². The predicted octanol–water partition coefficient (Wildman–Crippen LogP) is 1.80. The Labute approximate surface area is 140 Å². The lowest BCUT2D eigenvalue weighted by molar-refractivity contribution is 0.122. The van der Waals surface area contributed by atoms with Crippen LogP contribution in [0.2, 0.25) is 5.02 Å². The number of hydrogen-bond donors (Lipinski definition) is 3. The summed E-state index contributed by atoms with van der Waals surface area (Å²) in [5, 5.41) is 11.5. The molecular weight excluding hydrogens is 316 g/mol. The Morgan fingerprint density at radius 3 is 2.74 bits per heavy atom. The number of aromatic nitrogens is 3. The quantitative estimate of drug-likeness (QED) is 0.745. The minimum Gasteiger partial charge on any atom is -0.378 e. The number of hydrogen-bond acceptors (Lipinski definition) is 6. The van der Waals surface area contributed by atoms with Crippen LogP contribution in [0.1, 0.15) is 18.3 Å². The lowest BCUT2D eigenvalue weighted by Gasteiger charge is -2.25. The van der Waals surface area contributed by atoms with Crippen molar-refractivity contribution in [3.8, 4) is 0 Å². The van der Waals surface area contributed by atoms with Crippen molar-refractivity contribution in [3.63, 3.8) is 0 Å². The molecule has 8 heteroatoms. The number of ether oxygens (including phenoxy) is 1. The summed E-state index contributed by atoms with van der Waals surface area (Å²) in [7, 11) is 0. The first-order valence-electron chi connectivity index (χ1n) is 7.73. The van der Waals surface area contributed by atoms with Gasteiger partial charge in [-0.05, 0) is 37.2 Å². The standard InChI is InChI=1S/C15H21ClN6O/c16-11-1-3-12(4-2-11)18-13(5-6-17)14-19-15(21-20-14)22-7-9-23-10-8-22/h1-4,13,18H,5-10,17H2,(H,19,20,21). The van der Waals surface area contributed by atoms with Crippen molar-refractivity contribution < 1.29 is 4.74 Å². The second-order valence-electron chi connectivity index (χ2n) is 5.40. The molecule has 1 aliphatic heterocycles. The van der Waals surface area contributed by atoms with Crippen LogP contribution in [-0.2, 0) is 4.74 Å². The van der Waals surface area contributed by atoms with Gasteiger partial charge < -0.3 is 20.7 Å². The van der Waals surface area contributed by atoms with Crippen LogP contribution in [-0.4, -0.2) is 48.0 Å². The van der Waals surface area contributed by atoms with Crippen LogP contribution in [0, 0.1) is 0 Å². The number of rotatable bonds is 6. The number of nitrogens with two attached hydrogens (primary N) is 1. The van der Waals surface area contributed by atoms with Gasteiger partial charge in [0.05, 0.1) is 19.3 Å². The summed E-state index contributed by atoms with van der Waals surface area (Å²) in [5.41, 5.74) is 6.71. The minimum absolute atomic E-state index is 0.0246. The molecule has 1 unspecified atom stereocenters. The fourth-order valence-corrected chi connectivity index (χ4v) is 2.64. The average Bonchev–Trinajstić information content (AvgIpc) is 3.07. The fraction of sp³-hybridized carbons (Fsp3) is 0.467. The van der Waals surface area contributed by atoms with Gasteiger partial charge in [-0.3, -0.25) is 5.10 Å². The monoisotopic (exact) mass is 336 g/mol. The van der Waals surface area contributed by atoms with Crippen LogP contribution in [0.5, 0.6) is 0 Å². The highest BCUT2D eigenvalue weighted by atomic mass is 35.5. The highest BCUT2D eigenvalue weighted by Gasteiger charge is 2.20. The first kappa shape index (κ1) is 16.0. The van der Waals surface area contributed by atoms with E-state index in [-0.39, 0.29) is 6.04 Å². The highest BCUT2D eigenvalue weighted by molar-refractivity contribution is 6.30. The molecule has 0 radical (unpaired) electrons. The van der Waals surface area contributed by atoms with E-state index in [2.05, 4.69) is 25.4 Å². The van der Waals surface area contributed by atoms with Gasteiger partial charge >= 0.3 is 0 Å². The number of morpholine rings is 1. The van der Waals surface area contributed by atoms with Crippen molar-refractivity contribution in [2.45, 2.75) is 12.5 Å². The zero-order valence-electron chi connectivity index (χ0n) is 12.8. The maximum atomic E-state index is 5.92. The number of halogens is 1. The van der Waals surface area contributed by atoms with E-state index in [1.54, 1.807) is 0 Å². The second kappa shape index (κ2) is 7.63. The van der Waals surface area contributed by atoms with Gasteiger partial charge in [0.2, 0.25) is 5.95 Å². The molecule has 7 nitrogen and oxygen atoms in total. The smallest absolute Gasteiger partial charge is 0.244 e. The third-order valence-electron chi connectivity index (χ3n) is 3.76. The molecule has 0 spiro atoms. The zero-order chi connectivity index (χ0) is 16.1. The summed E-state index contributed by atoms with van der Waals surface area (Å²) >= 11 is 5.92. The number of benzene rings is 1. The van der Waals surface area contributed by atoms with E-state index < -0.39 is 0 Å². The fourth-order valence-electron chi connectivity index (χ4n) is 2.52. The first-order chi connectivity index (χ1) is 11.3. The number of aromatic amines is 1. The Morgan fingerprint density at radius 2 is 2.04 bits per heavy atom. The van der Waals surface area contributed by atoms with E-state index in [1.807, 2.05) is 24.3 Å². The van der Waals surface area contributed by atoms with Gasteiger partial charge in [-0.1, -0.05) is 11.6 Å². The topological polar surface area (TPSA) is 92.1 Å². The maximum absolute atomic E-state index is 5.92. The summed E-state index contributed by atoms with van der Waals surface area (Å²) in [5.74, 6) is 1.50. The van der Waals surface area contributed by atoms with Crippen LogP contribution < -0.4 is 16.0 Å². The van der Waals surface area contributed by atoms with Crippen LogP contribution in [0.3, 0.4) is 0 Å². The Hall–Kier alpha value is -1.83. The molecule has 1 fully saturated rings. The normalized spacial score (nSPS) is 16.3. The van der Waals surface area contributed by atoms with Gasteiger partial charge in [-0.2, -0.15) is 4.98 Å². The third-order valence-corrected chi connectivity index (χ3v) is 4.01. The summed E-state index contributed by atoms with van der Waals surface area (Å²) in [6.07, 6.45) is 0.750. The summed E-state index contributed by atoms with van der Waals surface area (Å²) in [4.78, 5) is 6.74. The van der Waals surface area contributed by atoms with E-state index >= 15 is 0 Å². The van der Waals surface area contributed by atoms with Crippen LogP contribution in [0.15, 0.2) is 24.3 Å². The molecule has 23 heavy (non-hydrogen) atoms. The van der Waals surface area contributed by atoms with Gasteiger partial charge in [-0.15, -0.1) is 5.10 Å². The van der Waals surface area contributed by atoms with Crippen molar-refractivity contribution in [1.29, 1.82) is 0 Å². The molecule has 1 aliphatic rings. The molecule has 0 saturated carbocycles. The molecule has 1 aromatic carbocycles. The molecule has 2 heterocycles. The first-order valence-corrected chi connectivity index (χ1v) is 8.11. The number of H-pyrrole nitrogens is 1. The van der Waals surface area contributed by atoms with Crippen LogP contribution in [0.4, 0.5) is 11.6 Å². The van der Waals surface area contributed by atoms with Crippen LogP contribution >= 0.6 is 11.6 Å². The lowest BCUT2D eigenvalue weighted by Crippen LogP contribution is -2.36. The Balaban J connectivity index is 1.72. The summed E-state index contributed by atoms with van der Waals surface area (Å²) < 4.78 is 5.36. The molecule has 0 bridgehead atoms. The maximum Gasteiger partial charge on any atom is 0.244 e. The van der Waals surface area contributed by atoms with Gasteiger partial charge in [0, 0.05) is 23.8 Å². The largest absolute Gasteiger partial charge is 0.378 e. The minimum atomic E-state index is -0.0246. The van der Waals surface area contributed by atoms with E-state index in [0.717, 1.165) is 31.0 Å². The van der Waals surface area contributed by atoms with Crippen molar-refractivity contribution >= 4 is 23.2 Å². The van der Waals surface area contributed by atoms with Gasteiger partial charge in [0.15, 0.2) is 0 Å². The van der Waals surface area contributed by atoms with E-state index in [9.17, 15) is 0 Å². The van der Waals surface area contributed by atoms with Crippen molar-refractivity contribution in [3.05, 3.63) is 35.1 Å². The van der Waals surface area contributed by atoms with Gasteiger partial charge in [0.1, 0.15) is 5.82 Å². The number of nitrogens with one attached hydrogen (secondary N) is 2. The molecule has 1 atom stereocenters. The molecule has 3 rings (SSSR count). The van der Waals surface area contributed by atoms with Crippen molar-refractivity contribution in [2.24, 2.45) is 5.73 Å². The van der Waals surface area contributed by atoms with E-state index in [0.29, 0.717) is 30.7 Å². The van der Waals surface area contributed by atoms with Crippen LogP contribution in [0.25, 0.3) is 0 Å². The third kappa shape index (κ3) is 4.13. The zero-order valence-corrected chi connectivity index (χ0v) is 13.6. The Kier molecular flexibility index (Phi) is 5.32. The molecule has 0 amide bonds. The molecule has 4 N–H and O–H groups in total. The highest BCUT2D eigenvalue weighted by Crippen LogP contribution is 2.22. The lowest BCUT2D eigenvalue weighted by atomic mass is 10.2. The molecular formula is C15H21ClN6O. The SMILES string of the molecule is NCCC(Nc1ccc(Cl)cc1)c1nc(N2CCOCC2)n[nH]1. The predicted molar refractivity (Wildman–Crippen MR) is 90.9 cm³/mol. The number of nitrogens with zero attached hydrogens (tertiary/aromatic N) is 3. The molecule has 0 aliphatic carbocycles. The second-order valence-corrected chi connectivity index (χ2v) is 5.84. The average molecular weight is 337 g/mol. The van der Waals surface area contributed by atoms with Crippen molar-refractivity contribution in [1.82, 2.24) is 15.2 Å².